The molecule has 3 N–H and O–H groups in total. The maximum Gasteiger partial charge on any atom is 0.329 e. The van der Waals surface area contributed by atoms with E-state index < -0.39 is 17.7 Å². The molecular weight excluding hydrogens is 418 g/mol. The molecular formula is C23H20ClN3O4. The fourth-order valence-corrected chi connectivity index (χ4v) is 3.65. The first-order chi connectivity index (χ1) is 14.9. The fraction of sp³-hybridized carbons (Fsp3) is 0.130. The number of nitrogens with zero attached hydrogens (tertiary/aromatic N) is 1. The number of fused-ring (bicyclic) bond motifs is 1. The third-order valence-corrected chi connectivity index (χ3v) is 5.32. The van der Waals surface area contributed by atoms with Gasteiger partial charge in [0.2, 0.25) is 0 Å². The van der Waals surface area contributed by atoms with Crippen LogP contribution in [0.15, 0.2) is 72.8 Å². The standard InChI is InChI=1S/C23H20ClN3O4/c1-31-18-6-4-5-17(13-18)27-22(29)26-20-8-3-2-7-19(20)23(27,30)21(28)25-14-15-9-11-16(24)12-10-15/h2-13,30H,14H2,1H3,(H,25,28)(H,26,29)/t23-/m1/s1. The second-order valence-electron chi connectivity index (χ2n) is 6.99. The molecule has 1 atom stereocenters. The minimum atomic E-state index is -2.28. The minimum Gasteiger partial charge on any atom is -0.497 e. The van der Waals surface area contributed by atoms with Crippen LogP contribution >= 0.6 is 11.6 Å². The van der Waals surface area contributed by atoms with E-state index in [9.17, 15) is 14.7 Å². The van der Waals surface area contributed by atoms with E-state index in [4.69, 9.17) is 16.3 Å². The maximum atomic E-state index is 13.4. The Balaban J connectivity index is 1.75. The SMILES string of the molecule is COc1cccc(N2C(=O)Nc3ccccc3[C@@]2(O)C(=O)NCc2ccc(Cl)cc2)c1. The number of benzene rings is 3. The first-order valence-electron chi connectivity index (χ1n) is 9.53. The highest BCUT2D eigenvalue weighted by molar-refractivity contribution is 6.30. The van der Waals surface area contributed by atoms with Crippen molar-refractivity contribution < 1.29 is 19.4 Å². The number of amides is 3. The Morgan fingerprint density at radius 3 is 2.61 bits per heavy atom. The molecule has 0 fully saturated rings. The second kappa shape index (κ2) is 8.29. The Hall–Kier alpha value is -3.55. The van der Waals surface area contributed by atoms with Crippen molar-refractivity contribution in [2.24, 2.45) is 0 Å². The van der Waals surface area contributed by atoms with Crippen molar-refractivity contribution >= 4 is 34.9 Å². The van der Waals surface area contributed by atoms with Crippen molar-refractivity contribution in [3.05, 3.63) is 88.9 Å². The number of nitrogens with one attached hydrogen (secondary N) is 2. The predicted molar refractivity (Wildman–Crippen MR) is 118 cm³/mol. The third-order valence-electron chi connectivity index (χ3n) is 5.07. The Labute approximate surface area is 184 Å². The van der Waals surface area contributed by atoms with Crippen LogP contribution in [0.5, 0.6) is 5.75 Å². The number of hydrogen-bond donors (Lipinski definition) is 3. The van der Waals surface area contributed by atoms with Gasteiger partial charge in [0.25, 0.3) is 11.6 Å². The smallest absolute Gasteiger partial charge is 0.329 e. The summed E-state index contributed by atoms with van der Waals surface area (Å²) in [5, 5.41) is 17.8. The van der Waals surface area contributed by atoms with Crippen molar-refractivity contribution in [2.45, 2.75) is 12.3 Å². The van der Waals surface area contributed by atoms with E-state index in [0.29, 0.717) is 22.1 Å². The second-order valence-corrected chi connectivity index (χ2v) is 7.43. The Morgan fingerprint density at radius 2 is 1.87 bits per heavy atom. The monoisotopic (exact) mass is 437 g/mol. The molecule has 31 heavy (non-hydrogen) atoms. The number of aliphatic hydroxyl groups is 1. The van der Waals surface area contributed by atoms with Crippen LogP contribution in [0.25, 0.3) is 0 Å². The summed E-state index contributed by atoms with van der Waals surface area (Å²) in [6, 6.07) is 19.5. The normalized spacial score (nSPS) is 17.5. The zero-order chi connectivity index (χ0) is 22.0. The van der Waals surface area contributed by atoms with E-state index in [1.54, 1.807) is 72.8 Å². The number of anilines is 2. The van der Waals surface area contributed by atoms with Crippen LogP contribution in [0.2, 0.25) is 5.02 Å². The van der Waals surface area contributed by atoms with Crippen LogP contribution < -0.4 is 20.3 Å². The quantitative estimate of drug-likeness (QED) is 0.565. The number of rotatable bonds is 5. The average Bonchev–Trinajstić information content (AvgIpc) is 2.78. The van der Waals surface area contributed by atoms with E-state index in [0.717, 1.165) is 10.5 Å². The number of para-hydroxylation sites is 1. The van der Waals surface area contributed by atoms with Gasteiger partial charge in [-0.15, -0.1) is 0 Å². The van der Waals surface area contributed by atoms with Crippen molar-refractivity contribution in [2.75, 3.05) is 17.3 Å². The topological polar surface area (TPSA) is 90.9 Å². The van der Waals surface area contributed by atoms with E-state index in [1.807, 2.05) is 0 Å². The first kappa shape index (κ1) is 20.7. The third kappa shape index (κ3) is 3.81. The molecule has 0 bridgehead atoms. The zero-order valence-corrected chi connectivity index (χ0v) is 17.4. The van der Waals surface area contributed by atoms with Crippen LogP contribution in [-0.2, 0) is 17.1 Å². The number of methoxy groups -OCH3 is 1. The van der Waals surface area contributed by atoms with Crippen molar-refractivity contribution in [1.82, 2.24) is 5.32 Å². The highest BCUT2D eigenvalue weighted by Gasteiger charge is 2.51. The number of urea groups is 1. The lowest BCUT2D eigenvalue weighted by Gasteiger charge is -2.42. The van der Waals surface area contributed by atoms with E-state index in [-0.39, 0.29) is 12.1 Å². The molecule has 0 saturated carbocycles. The molecule has 7 nitrogen and oxygen atoms in total. The number of carbonyl (C=O) groups is 2. The maximum absolute atomic E-state index is 13.4. The summed E-state index contributed by atoms with van der Waals surface area (Å²) >= 11 is 5.91. The van der Waals surface area contributed by atoms with Gasteiger partial charge in [-0.2, -0.15) is 0 Å². The van der Waals surface area contributed by atoms with Gasteiger partial charge in [0, 0.05) is 23.2 Å². The zero-order valence-electron chi connectivity index (χ0n) is 16.6. The average molecular weight is 438 g/mol. The molecule has 0 aliphatic carbocycles. The number of ether oxygens (including phenoxy) is 1. The van der Waals surface area contributed by atoms with Gasteiger partial charge >= 0.3 is 6.03 Å². The number of hydrogen-bond acceptors (Lipinski definition) is 4. The van der Waals surface area contributed by atoms with Gasteiger partial charge in [-0.25, -0.2) is 4.79 Å². The Bertz CT molecular complexity index is 1140. The fourth-order valence-electron chi connectivity index (χ4n) is 3.52. The Morgan fingerprint density at radius 1 is 1.13 bits per heavy atom. The predicted octanol–water partition coefficient (Wildman–Crippen LogP) is 3.86. The van der Waals surface area contributed by atoms with Crippen LogP contribution in [0.4, 0.5) is 16.2 Å². The summed E-state index contributed by atoms with van der Waals surface area (Å²) < 4.78 is 5.24. The molecule has 1 heterocycles. The van der Waals surface area contributed by atoms with Gasteiger partial charge in [0.05, 0.1) is 18.5 Å². The highest BCUT2D eigenvalue weighted by atomic mass is 35.5. The summed E-state index contributed by atoms with van der Waals surface area (Å²) in [4.78, 5) is 27.4. The van der Waals surface area contributed by atoms with Gasteiger partial charge in [0.15, 0.2) is 0 Å². The Kier molecular flexibility index (Phi) is 5.54. The van der Waals surface area contributed by atoms with E-state index in [1.165, 1.54) is 7.11 Å². The molecule has 0 radical (unpaired) electrons. The minimum absolute atomic E-state index is 0.147. The van der Waals surface area contributed by atoms with Gasteiger partial charge in [-0.1, -0.05) is 48.0 Å². The molecule has 0 aromatic heterocycles. The van der Waals surface area contributed by atoms with Crippen LogP contribution in [0.3, 0.4) is 0 Å². The van der Waals surface area contributed by atoms with Crippen LogP contribution in [-0.4, -0.2) is 24.2 Å². The lowest BCUT2D eigenvalue weighted by atomic mass is 9.94. The summed E-state index contributed by atoms with van der Waals surface area (Å²) in [7, 11) is 1.50. The van der Waals surface area contributed by atoms with Crippen LogP contribution in [0.1, 0.15) is 11.1 Å². The molecule has 0 unspecified atom stereocenters. The van der Waals surface area contributed by atoms with Gasteiger partial charge in [0.1, 0.15) is 5.75 Å². The van der Waals surface area contributed by atoms with Crippen LogP contribution in [0, 0.1) is 0 Å². The number of carbonyl (C=O) groups excluding carboxylic acids is 2. The van der Waals surface area contributed by atoms with Crippen molar-refractivity contribution in [1.29, 1.82) is 0 Å². The summed E-state index contributed by atoms with van der Waals surface area (Å²) in [6.07, 6.45) is 0. The molecule has 3 amide bonds. The van der Waals surface area contributed by atoms with Gasteiger partial charge in [-0.05, 0) is 35.9 Å². The summed E-state index contributed by atoms with van der Waals surface area (Å²) in [5.74, 6) is -0.263. The number of halogens is 1. The van der Waals surface area contributed by atoms with Crippen molar-refractivity contribution in [3.63, 3.8) is 0 Å². The molecule has 4 rings (SSSR count). The molecule has 0 saturated heterocycles. The summed E-state index contributed by atoms with van der Waals surface area (Å²) in [6.45, 7) is 0.147. The largest absolute Gasteiger partial charge is 0.497 e. The molecule has 1 aliphatic heterocycles. The highest BCUT2D eigenvalue weighted by Crippen LogP contribution is 2.40. The lowest BCUT2D eigenvalue weighted by Crippen LogP contribution is -2.62. The lowest BCUT2D eigenvalue weighted by molar-refractivity contribution is -0.140. The van der Waals surface area contributed by atoms with Crippen molar-refractivity contribution in [3.8, 4) is 5.75 Å². The van der Waals surface area contributed by atoms with Gasteiger partial charge < -0.3 is 20.5 Å². The molecule has 3 aromatic carbocycles. The van der Waals surface area contributed by atoms with Gasteiger partial charge in [-0.3, -0.25) is 9.69 Å². The molecule has 3 aromatic rings. The molecule has 158 valence electrons. The molecule has 1 aliphatic rings. The molecule has 0 spiro atoms. The van der Waals surface area contributed by atoms with E-state index >= 15 is 0 Å². The summed E-state index contributed by atoms with van der Waals surface area (Å²) in [5.41, 5.74) is -0.572. The first-order valence-corrected chi connectivity index (χ1v) is 9.91. The molecule has 8 heteroatoms. The van der Waals surface area contributed by atoms with E-state index in [2.05, 4.69) is 10.6 Å².